The first kappa shape index (κ1) is 27.3. The van der Waals surface area contributed by atoms with Gasteiger partial charge < -0.3 is 15.1 Å². The molecule has 38 heavy (non-hydrogen) atoms. The number of carbonyl (C=O) groups is 1. The van der Waals surface area contributed by atoms with Crippen molar-refractivity contribution in [3.05, 3.63) is 66.0 Å². The van der Waals surface area contributed by atoms with Crippen LogP contribution in [0.5, 0.6) is 0 Å². The van der Waals surface area contributed by atoms with E-state index < -0.39 is 39.8 Å². The van der Waals surface area contributed by atoms with Crippen molar-refractivity contribution in [1.29, 1.82) is 0 Å². The van der Waals surface area contributed by atoms with Crippen LogP contribution in [-0.4, -0.2) is 47.7 Å². The number of rotatable bonds is 7. The topological polar surface area (TPSA) is 133 Å². The number of carboxylic acids is 1. The third-order valence-corrected chi connectivity index (χ3v) is 7.84. The summed E-state index contributed by atoms with van der Waals surface area (Å²) in [5.74, 6) is -1.05. The van der Waals surface area contributed by atoms with E-state index in [1.165, 1.54) is 36.5 Å². The minimum Gasteiger partial charge on any atom is -0.481 e. The second-order valence-electron chi connectivity index (χ2n) is 9.27. The molecule has 1 aliphatic heterocycles. The first-order valence-corrected chi connectivity index (χ1v) is 13.1. The highest BCUT2D eigenvalue weighted by Crippen LogP contribution is 2.39. The van der Waals surface area contributed by atoms with Crippen molar-refractivity contribution in [2.75, 3.05) is 22.7 Å². The van der Waals surface area contributed by atoms with E-state index in [0.717, 1.165) is 6.07 Å². The van der Waals surface area contributed by atoms with Gasteiger partial charge in [0, 0.05) is 31.5 Å². The number of aromatic nitrogens is 2. The van der Waals surface area contributed by atoms with Gasteiger partial charge in [0.1, 0.15) is 11.6 Å². The molecule has 0 radical (unpaired) electrons. The fourth-order valence-corrected chi connectivity index (χ4v) is 5.43. The van der Waals surface area contributed by atoms with E-state index in [4.69, 9.17) is 0 Å². The van der Waals surface area contributed by atoms with Crippen LogP contribution in [0.3, 0.4) is 0 Å². The average Bonchev–Trinajstić information content (AvgIpc) is 2.88. The second-order valence-corrected chi connectivity index (χ2v) is 11.0. The molecule has 4 rings (SSSR count). The van der Waals surface area contributed by atoms with E-state index >= 15 is 0 Å². The molecule has 1 saturated heterocycles. The Labute approximate surface area is 217 Å². The predicted octanol–water partition coefficient (Wildman–Crippen LogP) is 4.15. The van der Waals surface area contributed by atoms with Gasteiger partial charge in [0.25, 0.3) is 10.0 Å². The number of aliphatic carboxylic acids is 1. The van der Waals surface area contributed by atoms with Gasteiger partial charge in [0.2, 0.25) is 0 Å². The number of piperidine rings is 1. The lowest BCUT2D eigenvalue weighted by molar-refractivity contribution is -0.148. The number of aliphatic hydroxyl groups excluding tert-OH is 1. The van der Waals surface area contributed by atoms with Gasteiger partial charge in [0.15, 0.2) is 0 Å². The molecule has 3 heterocycles. The highest BCUT2D eigenvalue weighted by atomic mass is 32.2. The highest BCUT2D eigenvalue weighted by Gasteiger charge is 2.39. The SMILES string of the molecule is CC1(C(=O)O)CCCN(c2cc(S(=O)(=O)Nc3cc(-c4ccccc4CO)c(C(F)(F)F)cn3)ccn2)C1. The Bertz CT molecular complexity index is 1470. The van der Waals surface area contributed by atoms with E-state index in [-0.39, 0.29) is 39.8 Å². The summed E-state index contributed by atoms with van der Waals surface area (Å²) < 4.78 is 69.8. The van der Waals surface area contributed by atoms with Crippen molar-refractivity contribution in [2.24, 2.45) is 5.41 Å². The molecule has 0 spiro atoms. The number of hydrogen-bond acceptors (Lipinski definition) is 7. The summed E-state index contributed by atoms with van der Waals surface area (Å²) in [5.41, 5.74) is -2.13. The van der Waals surface area contributed by atoms with E-state index in [0.29, 0.717) is 25.6 Å². The molecule has 2 aromatic heterocycles. The summed E-state index contributed by atoms with van der Waals surface area (Å²) in [7, 11) is -4.31. The molecular weight excluding hydrogens is 525 g/mol. The van der Waals surface area contributed by atoms with Gasteiger partial charge in [-0.05, 0) is 48.6 Å². The number of benzene rings is 1. The summed E-state index contributed by atoms with van der Waals surface area (Å²) in [6.45, 7) is 1.72. The Morgan fingerprint density at radius 2 is 1.89 bits per heavy atom. The Balaban J connectivity index is 1.68. The maximum Gasteiger partial charge on any atom is 0.418 e. The fourth-order valence-electron chi connectivity index (χ4n) is 4.43. The van der Waals surface area contributed by atoms with Crippen LogP contribution in [0.2, 0.25) is 0 Å². The summed E-state index contributed by atoms with van der Waals surface area (Å²) in [6.07, 6.45) is -1.92. The molecule has 0 saturated carbocycles. The molecule has 1 unspecified atom stereocenters. The number of alkyl halides is 3. The molecule has 1 aromatic carbocycles. The number of halogens is 3. The molecule has 13 heteroatoms. The molecule has 1 aliphatic rings. The van der Waals surface area contributed by atoms with Crippen molar-refractivity contribution < 1.29 is 36.6 Å². The minimum atomic E-state index is -4.78. The quantitative estimate of drug-likeness (QED) is 0.400. The van der Waals surface area contributed by atoms with Crippen molar-refractivity contribution in [3.63, 3.8) is 0 Å². The van der Waals surface area contributed by atoms with Crippen LogP contribution in [0.1, 0.15) is 30.9 Å². The van der Waals surface area contributed by atoms with E-state index in [1.807, 2.05) is 0 Å². The first-order chi connectivity index (χ1) is 17.8. The molecule has 0 bridgehead atoms. The van der Waals surface area contributed by atoms with Crippen molar-refractivity contribution in [2.45, 2.75) is 37.4 Å². The summed E-state index contributed by atoms with van der Waals surface area (Å²) in [4.78, 5) is 21.0. The Hall–Kier alpha value is -3.71. The Kier molecular flexibility index (Phi) is 7.35. The molecule has 9 nitrogen and oxygen atoms in total. The third-order valence-electron chi connectivity index (χ3n) is 6.49. The van der Waals surface area contributed by atoms with E-state index in [1.54, 1.807) is 17.9 Å². The lowest BCUT2D eigenvalue weighted by Gasteiger charge is -2.38. The monoisotopic (exact) mass is 550 g/mol. The fraction of sp³-hybridized carbons (Fsp3) is 0.320. The highest BCUT2D eigenvalue weighted by molar-refractivity contribution is 7.92. The molecule has 0 aliphatic carbocycles. The molecule has 1 fully saturated rings. The number of carboxylic acid groups (broad SMARTS) is 1. The number of sulfonamides is 1. The van der Waals surface area contributed by atoms with Gasteiger partial charge in [-0.1, -0.05) is 24.3 Å². The van der Waals surface area contributed by atoms with Crippen molar-refractivity contribution in [1.82, 2.24) is 9.97 Å². The number of aliphatic hydroxyl groups is 1. The Morgan fingerprint density at radius 1 is 1.16 bits per heavy atom. The van der Waals surface area contributed by atoms with Gasteiger partial charge >= 0.3 is 12.1 Å². The van der Waals surface area contributed by atoms with Gasteiger partial charge in [0.05, 0.1) is 22.5 Å². The van der Waals surface area contributed by atoms with Crippen LogP contribution in [0, 0.1) is 5.41 Å². The zero-order valence-electron chi connectivity index (χ0n) is 20.2. The van der Waals surface area contributed by atoms with E-state index in [9.17, 15) is 36.6 Å². The number of pyridine rings is 2. The lowest BCUT2D eigenvalue weighted by atomic mass is 9.82. The summed E-state index contributed by atoms with van der Waals surface area (Å²) in [6, 6.07) is 9.41. The number of nitrogens with zero attached hydrogens (tertiary/aromatic N) is 3. The predicted molar refractivity (Wildman–Crippen MR) is 133 cm³/mol. The number of nitrogens with one attached hydrogen (secondary N) is 1. The van der Waals surface area contributed by atoms with Gasteiger partial charge in [-0.25, -0.2) is 18.4 Å². The smallest absolute Gasteiger partial charge is 0.418 e. The molecule has 3 aromatic rings. The summed E-state index contributed by atoms with van der Waals surface area (Å²) in [5, 5.41) is 19.2. The van der Waals surface area contributed by atoms with Crippen LogP contribution in [0.4, 0.5) is 24.8 Å². The minimum absolute atomic E-state index is 0.0861. The van der Waals surface area contributed by atoms with Gasteiger partial charge in [-0.3, -0.25) is 9.52 Å². The largest absolute Gasteiger partial charge is 0.481 e. The van der Waals surface area contributed by atoms with Crippen LogP contribution in [-0.2, 0) is 27.6 Å². The standard InChI is InChI=1S/C25H25F3N4O5S/c1-24(23(34)35)8-4-10-32(15-24)22-11-17(7-9-29-22)38(36,37)31-21-12-19(20(13-30-21)25(26,27)28)18-6-3-2-5-16(18)14-33/h2-3,5-7,9,11-13,33H,4,8,10,14-15H2,1H3,(H,30,31)(H,34,35). The maximum atomic E-state index is 13.7. The normalized spacial score (nSPS) is 18.3. The lowest BCUT2D eigenvalue weighted by Crippen LogP contribution is -2.46. The molecular formula is C25H25F3N4O5S. The van der Waals surface area contributed by atoms with Crippen LogP contribution in [0.15, 0.2) is 59.8 Å². The van der Waals surface area contributed by atoms with Crippen LogP contribution >= 0.6 is 0 Å². The van der Waals surface area contributed by atoms with Crippen LogP contribution in [0.25, 0.3) is 11.1 Å². The number of anilines is 2. The molecule has 3 N–H and O–H groups in total. The third kappa shape index (κ3) is 5.58. The number of hydrogen-bond donors (Lipinski definition) is 3. The molecule has 202 valence electrons. The first-order valence-electron chi connectivity index (χ1n) is 11.6. The second kappa shape index (κ2) is 10.2. The van der Waals surface area contributed by atoms with E-state index in [2.05, 4.69) is 14.7 Å². The zero-order valence-corrected chi connectivity index (χ0v) is 21.1. The maximum absolute atomic E-state index is 13.7. The molecule has 1 atom stereocenters. The zero-order chi connectivity index (χ0) is 27.7. The average molecular weight is 551 g/mol. The summed E-state index contributed by atoms with van der Waals surface area (Å²) >= 11 is 0. The Morgan fingerprint density at radius 3 is 2.58 bits per heavy atom. The van der Waals surface area contributed by atoms with Crippen molar-refractivity contribution in [3.8, 4) is 11.1 Å². The van der Waals surface area contributed by atoms with Crippen molar-refractivity contribution >= 4 is 27.6 Å². The van der Waals surface area contributed by atoms with Gasteiger partial charge in [-0.2, -0.15) is 13.2 Å². The molecule has 0 amide bonds. The van der Waals surface area contributed by atoms with Gasteiger partial charge in [-0.15, -0.1) is 0 Å². The van der Waals surface area contributed by atoms with Crippen LogP contribution < -0.4 is 9.62 Å².